The van der Waals surface area contributed by atoms with Gasteiger partial charge in [0.15, 0.2) is 0 Å². The van der Waals surface area contributed by atoms with Gasteiger partial charge in [-0.1, -0.05) is 13.8 Å². The van der Waals surface area contributed by atoms with E-state index in [1.807, 2.05) is 17.5 Å². The van der Waals surface area contributed by atoms with Crippen molar-refractivity contribution >= 4 is 11.3 Å². The molecule has 1 atom stereocenters. The molecule has 2 N–H and O–H groups in total. The maximum absolute atomic E-state index is 5.70. The van der Waals surface area contributed by atoms with Crippen molar-refractivity contribution in [3.8, 4) is 0 Å². The van der Waals surface area contributed by atoms with Crippen LogP contribution in [0, 0.1) is 0 Å². The van der Waals surface area contributed by atoms with Crippen molar-refractivity contribution in [2.75, 3.05) is 26.2 Å². The minimum atomic E-state index is 0.456. The van der Waals surface area contributed by atoms with Gasteiger partial charge in [0.05, 0.1) is 5.01 Å². The highest BCUT2D eigenvalue weighted by Crippen LogP contribution is 2.32. The van der Waals surface area contributed by atoms with Crippen LogP contribution in [0.2, 0.25) is 0 Å². The van der Waals surface area contributed by atoms with Crippen molar-refractivity contribution in [2.45, 2.75) is 38.5 Å². The minimum absolute atomic E-state index is 0.456. The van der Waals surface area contributed by atoms with Gasteiger partial charge in [-0.2, -0.15) is 0 Å². The van der Waals surface area contributed by atoms with Gasteiger partial charge in [-0.25, -0.2) is 4.98 Å². The molecule has 1 aliphatic rings. The summed E-state index contributed by atoms with van der Waals surface area (Å²) in [5.41, 5.74) is 5.70. The summed E-state index contributed by atoms with van der Waals surface area (Å²) >= 11 is 1.87. The second-order valence-corrected chi connectivity index (χ2v) is 6.04. The van der Waals surface area contributed by atoms with Gasteiger partial charge in [0, 0.05) is 22.9 Å². The Morgan fingerprint density at radius 1 is 1.53 bits per heavy atom. The highest BCUT2D eigenvalue weighted by molar-refractivity contribution is 7.11. The number of hydrogen-bond donors (Lipinski definition) is 1. The van der Waals surface area contributed by atoms with E-state index in [9.17, 15) is 0 Å². The van der Waals surface area contributed by atoms with E-state index in [1.165, 1.54) is 42.4 Å². The minimum Gasteiger partial charge on any atom is -0.330 e. The lowest BCUT2D eigenvalue weighted by molar-refractivity contribution is 0.222. The van der Waals surface area contributed by atoms with Gasteiger partial charge in [-0.05, 0) is 39.0 Å². The van der Waals surface area contributed by atoms with E-state index < -0.39 is 0 Å². The smallest absolute Gasteiger partial charge is 0.0959 e. The van der Waals surface area contributed by atoms with E-state index in [2.05, 4.69) is 23.7 Å². The zero-order chi connectivity index (χ0) is 12.3. The highest BCUT2D eigenvalue weighted by atomic mass is 32.1. The molecule has 1 saturated heterocycles. The first-order chi connectivity index (χ1) is 8.24. The summed E-state index contributed by atoms with van der Waals surface area (Å²) in [6, 6.07) is 0. The topological polar surface area (TPSA) is 42.2 Å². The summed E-state index contributed by atoms with van der Waals surface area (Å²) in [5, 5.41) is 1.33. The molecule has 4 heteroatoms. The Hall–Kier alpha value is -0.450. The van der Waals surface area contributed by atoms with E-state index in [0.717, 1.165) is 6.54 Å². The Bertz CT molecular complexity index is 342. The molecule has 96 valence electrons. The summed E-state index contributed by atoms with van der Waals surface area (Å²) in [6.45, 7) is 8.77. The average molecular weight is 253 g/mol. The molecule has 0 spiro atoms. The molecule has 2 rings (SSSR count). The first kappa shape index (κ1) is 13.0. The van der Waals surface area contributed by atoms with Gasteiger partial charge in [0.1, 0.15) is 0 Å². The summed E-state index contributed by atoms with van der Waals surface area (Å²) < 4.78 is 0. The van der Waals surface area contributed by atoms with Gasteiger partial charge in [-0.15, -0.1) is 11.3 Å². The lowest BCUT2D eigenvalue weighted by atomic mass is 9.98. The molecular formula is C13H23N3S. The SMILES string of the molecule is CCN1CCC(c2ncc(C(C)CN)s2)CC1. The fourth-order valence-electron chi connectivity index (χ4n) is 2.33. The highest BCUT2D eigenvalue weighted by Gasteiger charge is 2.22. The number of likely N-dealkylation sites (tertiary alicyclic amines) is 1. The van der Waals surface area contributed by atoms with E-state index >= 15 is 0 Å². The van der Waals surface area contributed by atoms with Crippen molar-refractivity contribution in [3.05, 3.63) is 16.1 Å². The number of nitrogens with two attached hydrogens (primary N) is 1. The summed E-state index contributed by atoms with van der Waals surface area (Å²) in [7, 11) is 0. The Morgan fingerprint density at radius 3 is 2.82 bits per heavy atom. The molecule has 0 bridgehead atoms. The second-order valence-electron chi connectivity index (χ2n) is 4.95. The molecule has 1 aromatic rings. The number of hydrogen-bond acceptors (Lipinski definition) is 4. The molecule has 1 unspecified atom stereocenters. The third kappa shape index (κ3) is 3.06. The van der Waals surface area contributed by atoms with Crippen LogP contribution in [0.4, 0.5) is 0 Å². The van der Waals surface area contributed by atoms with Gasteiger partial charge >= 0.3 is 0 Å². The van der Waals surface area contributed by atoms with Crippen molar-refractivity contribution in [2.24, 2.45) is 5.73 Å². The number of piperidine rings is 1. The lowest BCUT2D eigenvalue weighted by Gasteiger charge is -2.29. The Kier molecular flexibility index (Phi) is 4.54. The monoisotopic (exact) mass is 253 g/mol. The average Bonchev–Trinajstić information content (AvgIpc) is 2.87. The predicted molar refractivity (Wildman–Crippen MR) is 73.7 cm³/mol. The van der Waals surface area contributed by atoms with Crippen LogP contribution in [0.5, 0.6) is 0 Å². The molecule has 3 nitrogen and oxygen atoms in total. The van der Waals surface area contributed by atoms with Gasteiger partial charge in [0.2, 0.25) is 0 Å². The summed E-state index contributed by atoms with van der Waals surface area (Å²) in [6.07, 6.45) is 4.55. The van der Waals surface area contributed by atoms with Crippen LogP contribution in [0.1, 0.15) is 48.4 Å². The van der Waals surface area contributed by atoms with E-state index in [4.69, 9.17) is 5.73 Å². The van der Waals surface area contributed by atoms with Crippen LogP contribution >= 0.6 is 11.3 Å². The van der Waals surface area contributed by atoms with E-state index in [0.29, 0.717) is 11.8 Å². The molecule has 1 aromatic heterocycles. The molecule has 0 radical (unpaired) electrons. The van der Waals surface area contributed by atoms with Gasteiger partial charge < -0.3 is 10.6 Å². The van der Waals surface area contributed by atoms with Crippen LogP contribution in [0.3, 0.4) is 0 Å². The first-order valence-electron chi connectivity index (χ1n) is 6.62. The summed E-state index contributed by atoms with van der Waals surface area (Å²) in [5.74, 6) is 1.14. The quantitative estimate of drug-likeness (QED) is 0.896. The van der Waals surface area contributed by atoms with Gasteiger partial charge in [0.25, 0.3) is 0 Å². The molecule has 17 heavy (non-hydrogen) atoms. The Balaban J connectivity index is 1.97. The first-order valence-corrected chi connectivity index (χ1v) is 7.44. The summed E-state index contributed by atoms with van der Waals surface area (Å²) in [4.78, 5) is 8.47. The maximum Gasteiger partial charge on any atom is 0.0959 e. The molecular weight excluding hydrogens is 230 g/mol. The van der Waals surface area contributed by atoms with Crippen LogP contribution in [-0.4, -0.2) is 36.1 Å². The molecule has 2 heterocycles. The van der Waals surface area contributed by atoms with Crippen molar-refractivity contribution < 1.29 is 0 Å². The standard InChI is InChI=1S/C13H23N3S/c1-3-16-6-4-11(5-7-16)13-15-9-12(17-13)10(2)8-14/h9-11H,3-8,14H2,1-2H3. The molecule has 1 aliphatic heterocycles. The fraction of sp³-hybridized carbons (Fsp3) is 0.769. The number of thiazole rings is 1. The van der Waals surface area contributed by atoms with E-state index in [1.54, 1.807) is 0 Å². The molecule has 0 amide bonds. The third-order valence-corrected chi connectivity index (χ3v) is 5.16. The predicted octanol–water partition coefficient (Wildman–Crippen LogP) is 2.40. The largest absolute Gasteiger partial charge is 0.330 e. The number of nitrogens with zero attached hydrogens (tertiary/aromatic N) is 2. The van der Waals surface area contributed by atoms with Gasteiger partial charge in [-0.3, -0.25) is 0 Å². The zero-order valence-electron chi connectivity index (χ0n) is 10.9. The number of aromatic nitrogens is 1. The number of rotatable bonds is 4. The zero-order valence-corrected chi connectivity index (χ0v) is 11.7. The Labute approximate surface area is 108 Å². The lowest BCUT2D eigenvalue weighted by Crippen LogP contribution is -2.32. The maximum atomic E-state index is 5.70. The third-order valence-electron chi connectivity index (χ3n) is 3.76. The van der Waals surface area contributed by atoms with Crippen LogP contribution in [0.15, 0.2) is 6.20 Å². The van der Waals surface area contributed by atoms with Crippen LogP contribution < -0.4 is 5.73 Å². The normalized spacial score (nSPS) is 20.6. The second kappa shape index (κ2) is 5.94. The van der Waals surface area contributed by atoms with Crippen molar-refractivity contribution in [1.82, 2.24) is 9.88 Å². The molecule has 1 fully saturated rings. The Morgan fingerprint density at radius 2 is 2.24 bits per heavy atom. The molecule has 0 saturated carbocycles. The molecule has 0 aliphatic carbocycles. The van der Waals surface area contributed by atoms with Crippen molar-refractivity contribution in [1.29, 1.82) is 0 Å². The molecule has 0 aromatic carbocycles. The van der Waals surface area contributed by atoms with Crippen molar-refractivity contribution in [3.63, 3.8) is 0 Å². The van der Waals surface area contributed by atoms with Crippen LogP contribution in [0.25, 0.3) is 0 Å². The van der Waals surface area contributed by atoms with E-state index in [-0.39, 0.29) is 0 Å². The van der Waals surface area contributed by atoms with Crippen LogP contribution in [-0.2, 0) is 0 Å². The fourth-order valence-corrected chi connectivity index (χ4v) is 3.48.